The zero-order valence-electron chi connectivity index (χ0n) is 15.8. The highest BCUT2D eigenvalue weighted by atomic mass is 19.1. The van der Waals surface area contributed by atoms with E-state index in [4.69, 9.17) is 4.74 Å². The maximum atomic E-state index is 13.6. The van der Waals surface area contributed by atoms with Gasteiger partial charge in [0, 0.05) is 6.54 Å². The zero-order chi connectivity index (χ0) is 20.7. The summed E-state index contributed by atoms with van der Waals surface area (Å²) >= 11 is 0. The first-order valence-electron chi connectivity index (χ1n) is 8.54. The summed E-state index contributed by atoms with van der Waals surface area (Å²) in [6.07, 6.45) is -0.172. The van der Waals surface area contributed by atoms with Crippen LogP contribution < -0.4 is 16.0 Å². The summed E-state index contributed by atoms with van der Waals surface area (Å²) in [6.45, 7) is 5.15. The lowest BCUT2D eigenvalue weighted by Gasteiger charge is -2.22. The highest BCUT2D eigenvalue weighted by molar-refractivity contribution is 5.76. The predicted octanol–water partition coefficient (Wildman–Crippen LogP) is 3.61. The van der Waals surface area contributed by atoms with Crippen LogP contribution in [0.2, 0.25) is 0 Å². The first kappa shape index (κ1) is 21.1. The Morgan fingerprint density at radius 2 is 1.96 bits per heavy atom. The van der Waals surface area contributed by atoms with E-state index in [1.807, 2.05) is 0 Å². The van der Waals surface area contributed by atoms with Gasteiger partial charge in [0.05, 0.1) is 11.4 Å². The molecule has 0 spiro atoms. The van der Waals surface area contributed by atoms with Crippen molar-refractivity contribution in [1.82, 2.24) is 10.3 Å². The van der Waals surface area contributed by atoms with Crippen molar-refractivity contribution in [1.29, 1.82) is 0 Å². The highest BCUT2D eigenvalue weighted by Crippen LogP contribution is 2.26. The fraction of sp³-hybridized carbons (Fsp3) is 0.316. The minimum atomic E-state index is -0.875. The van der Waals surface area contributed by atoms with Crippen LogP contribution in [0.4, 0.5) is 30.8 Å². The number of carbonyl (C=O) groups is 2. The van der Waals surface area contributed by atoms with Crippen molar-refractivity contribution in [2.45, 2.75) is 32.4 Å². The molecular formula is C19H22F2N4O3. The molecule has 0 saturated heterocycles. The van der Waals surface area contributed by atoms with Gasteiger partial charge in [0.25, 0.3) is 0 Å². The van der Waals surface area contributed by atoms with Gasteiger partial charge in [-0.1, -0.05) is 6.07 Å². The summed E-state index contributed by atoms with van der Waals surface area (Å²) in [6, 6.07) is 7.18. The number of benzene rings is 1. The summed E-state index contributed by atoms with van der Waals surface area (Å²) in [5.74, 6) is -1.01. The van der Waals surface area contributed by atoms with Crippen LogP contribution in [0.25, 0.3) is 0 Å². The summed E-state index contributed by atoms with van der Waals surface area (Å²) in [5, 5.41) is 8.19. The Kier molecular flexibility index (Phi) is 6.86. The molecule has 0 aliphatic rings. The highest BCUT2D eigenvalue weighted by Gasteiger charge is 2.19. The Morgan fingerprint density at radius 1 is 1.21 bits per heavy atom. The molecule has 0 aliphatic heterocycles. The molecule has 0 bridgehead atoms. The van der Waals surface area contributed by atoms with E-state index >= 15 is 0 Å². The lowest BCUT2D eigenvalue weighted by Crippen LogP contribution is -2.43. The number of halogens is 2. The molecule has 1 amide bonds. The summed E-state index contributed by atoms with van der Waals surface area (Å²) in [4.78, 5) is 26.7. The van der Waals surface area contributed by atoms with Crippen LogP contribution in [0.1, 0.15) is 20.8 Å². The largest absolute Gasteiger partial charge is 0.444 e. The smallest absolute Gasteiger partial charge is 0.408 e. The van der Waals surface area contributed by atoms with E-state index in [2.05, 4.69) is 20.9 Å². The van der Waals surface area contributed by atoms with Gasteiger partial charge in [-0.15, -0.1) is 0 Å². The molecule has 0 saturated carbocycles. The number of carbonyl (C=O) groups excluding carboxylic acids is 2. The number of pyridine rings is 1. The Bertz CT molecular complexity index is 840. The van der Waals surface area contributed by atoms with Gasteiger partial charge in [0.1, 0.15) is 29.6 Å². The summed E-state index contributed by atoms with van der Waals surface area (Å²) in [7, 11) is 0. The van der Waals surface area contributed by atoms with Crippen molar-refractivity contribution in [2.75, 3.05) is 17.2 Å². The van der Waals surface area contributed by atoms with Crippen molar-refractivity contribution in [3.05, 3.63) is 48.2 Å². The van der Waals surface area contributed by atoms with Crippen LogP contribution in [0.5, 0.6) is 0 Å². The minimum Gasteiger partial charge on any atom is -0.444 e. The van der Waals surface area contributed by atoms with Gasteiger partial charge in [-0.05, 0) is 51.1 Å². The number of anilines is 3. The second kappa shape index (κ2) is 9.12. The number of ether oxygens (including phenoxy) is 1. The molecular weight excluding hydrogens is 370 g/mol. The van der Waals surface area contributed by atoms with Crippen molar-refractivity contribution < 1.29 is 23.1 Å². The van der Waals surface area contributed by atoms with Gasteiger partial charge in [-0.3, -0.25) is 0 Å². The van der Waals surface area contributed by atoms with Crippen LogP contribution in [-0.4, -0.2) is 35.6 Å². The van der Waals surface area contributed by atoms with Crippen LogP contribution in [0.15, 0.2) is 36.4 Å². The SMILES string of the molecule is CC(C)(C)OC(=O)NC(C=O)CNc1ccc(F)cc1Nc1cccc(F)n1. The van der Waals surface area contributed by atoms with Crippen molar-refractivity contribution >= 4 is 29.6 Å². The van der Waals surface area contributed by atoms with E-state index in [-0.39, 0.29) is 12.4 Å². The Labute approximate surface area is 161 Å². The van der Waals surface area contributed by atoms with Gasteiger partial charge in [0.15, 0.2) is 0 Å². The summed E-state index contributed by atoms with van der Waals surface area (Å²) < 4.78 is 32.0. The molecule has 0 radical (unpaired) electrons. The van der Waals surface area contributed by atoms with Crippen LogP contribution in [-0.2, 0) is 9.53 Å². The van der Waals surface area contributed by atoms with E-state index in [9.17, 15) is 18.4 Å². The van der Waals surface area contributed by atoms with Crippen LogP contribution >= 0.6 is 0 Å². The van der Waals surface area contributed by atoms with E-state index in [1.165, 1.54) is 36.4 Å². The van der Waals surface area contributed by atoms with Gasteiger partial charge >= 0.3 is 6.09 Å². The summed E-state index contributed by atoms with van der Waals surface area (Å²) in [5.41, 5.74) is 0.0297. The average Bonchev–Trinajstić information content (AvgIpc) is 2.58. The number of amides is 1. The third-order valence-corrected chi connectivity index (χ3v) is 3.34. The molecule has 0 aliphatic carbocycles. The lowest BCUT2D eigenvalue weighted by molar-refractivity contribution is -0.109. The first-order valence-corrected chi connectivity index (χ1v) is 8.54. The van der Waals surface area contributed by atoms with Gasteiger partial charge in [-0.2, -0.15) is 4.39 Å². The quantitative estimate of drug-likeness (QED) is 0.493. The lowest BCUT2D eigenvalue weighted by atomic mass is 10.2. The molecule has 7 nitrogen and oxygen atoms in total. The number of nitrogens with one attached hydrogen (secondary N) is 3. The minimum absolute atomic E-state index is 0.0274. The molecule has 9 heteroatoms. The molecule has 1 aromatic heterocycles. The number of hydrogen-bond donors (Lipinski definition) is 3. The number of aldehydes is 1. The van der Waals surface area contributed by atoms with Gasteiger partial charge in [-0.25, -0.2) is 14.2 Å². The molecule has 1 heterocycles. The second-order valence-electron chi connectivity index (χ2n) is 6.93. The second-order valence-corrected chi connectivity index (χ2v) is 6.93. The molecule has 0 fully saturated rings. The number of hydrogen-bond acceptors (Lipinski definition) is 6. The molecule has 3 N–H and O–H groups in total. The van der Waals surface area contributed by atoms with E-state index in [1.54, 1.807) is 20.8 Å². The monoisotopic (exact) mass is 392 g/mol. The number of aromatic nitrogens is 1. The maximum absolute atomic E-state index is 13.6. The predicted molar refractivity (Wildman–Crippen MR) is 102 cm³/mol. The third kappa shape index (κ3) is 6.82. The van der Waals surface area contributed by atoms with Crippen molar-refractivity contribution in [2.24, 2.45) is 0 Å². The Morgan fingerprint density at radius 3 is 2.61 bits per heavy atom. The zero-order valence-corrected chi connectivity index (χ0v) is 15.8. The Balaban J connectivity index is 2.06. The standard InChI is InChI=1S/C19H22F2N4O3/c1-19(2,3)28-18(27)23-13(11-26)10-22-14-8-7-12(20)9-15(14)24-17-6-4-5-16(21)25-17/h4-9,11,13,22H,10H2,1-3H3,(H,23,27)(H,24,25). The average molecular weight is 392 g/mol. The third-order valence-electron chi connectivity index (χ3n) is 3.34. The van der Waals surface area contributed by atoms with Gasteiger partial charge in [0.2, 0.25) is 5.95 Å². The number of rotatable bonds is 7. The van der Waals surface area contributed by atoms with Gasteiger partial charge < -0.3 is 25.5 Å². The fourth-order valence-electron chi connectivity index (χ4n) is 2.20. The van der Waals surface area contributed by atoms with E-state index < -0.39 is 29.5 Å². The van der Waals surface area contributed by atoms with Crippen molar-refractivity contribution in [3.8, 4) is 0 Å². The van der Waals surface area contributed by atoms with Crippen LogP contribution in [0, 0.1) is 11.8 Å². The molecule has 1 atom stereocenters. The molecule has 1 unspecified atom stereocenters. The maximum Gasteiger partial charge on any atom is 0.408 e. The topological polar surface area (TPSA) is 92.3 Å². The van der Waals surface area contributed by atoms with Crippen molar-refractivity contribution in [3.63, 3.8) is 0 Å². The molecule has 2 rings (SSSR count). The number of nitrogens with zero attached hydrogens (tertiary/aromatic N) is 1. The van der Waals surface area contributed by atoms with E-state index in [0.717, 1.165) is 0 Å². The normalized spacial score (nSPS) is 12.0. The Hall–Kier alpha value is -3.23. The molecule has 2 aromatic rings. The van der Waals surface area contributed by atoms with E-state index in [0.29, 0.717) is 17.7 Å². The molecule has 1 aromatic carbocycles. The first-order chi connectivity index (χ1) is 13.2. The fourth-order valence-corrected chi connectivity index (χ4v) is 2.20. The van der Waals surface area contributed by atoms with Crippen LogP contribution in [0.3, 0.4) is 0 Å². The number of alkyl carbamates (subject to hydrolysis) is 1. The molecule has 150 valence electrons. The molecule has 28 heavy (non-hydrogen) atoms.